The second kappa shape index (κ2) is 5.23. The zero-order chi connectivity index (χ0) is 9.56. The SMILES string of the molecule is C#CCC(N)C(=O)N(C)CC#C. The molecule has 0 radical (unpaired) electrons. The van der Waals surface area contributed by atoms with Gasteiger partial charge in [0.1, 0.15) is 0 Å². The van der Waals surface area contributed by atoms with Gasteiger partial charge in [-0.1, -0.05) is 5.92 Å². The lowest BCUT2D eigenvalue weighted by Gasteiger charge is -2.17. The number of hydrogen-bond acceptors (Lipinski definition) is 2. The van der Waals surface area contributed by atoms with Crippen molar-refractivity contribution in [1.29, 1.82) is 0 Å². The van der Waals surface area contributed by atoms with E-state index in [-0.39, 0.29) is 18.9 Å². The molecular weight excluding hydrogens is 152 g/mol. The van der Waals surface area contributed by atoms with Crippen molar-refractivity contribution in [3.05, 3.63) is 0 Å². The summed E-state index contributed by atoms with van der Waals surface area (Å²) in [6.45, 7) is 0.261. The monoisotopic (exact) mass is 164 g/mol. The van der Waals surface area contributed by atoms with E-state index in [4.69, 9.17) is 18.6 Å². The molecule has 0 aromatic carbocycles. The van der Waals surface area contributed by atoms with E-state index in [1.165, 1.54) is 4.90 Å². The molecule has 12 heavy (non-hydrogen) atoms. The van der Waals surface area contributed by atoms with E-state index < -0.39 is 6.04 Å². The summed E-state index contributed by atoms with van der Waals surface area (Å²) in [5, 5.41) is 0. The number of nitrogens with two attached hydrogens (primary N) is 1. The summed E-state index contributed by atoms with van der Waals surface area (Å²) in [6.07, 6.45) is 10.3. The summed E-state index contributed by atoms with van der Waals surface area (Å²) in [5.41, 5.74) is 5.46. The van der Waals surface area contributed by atoms with Crippen molar-refractivity contribution in [2.75, 3.05) is 13.6 Å². The molecule has 3 nitrogen and oxygen atoms in total. The van der Waals surface area contributed by atoms with E-state index in [1.54, 1.807) is 7.05 Å². The zero-order valence-electron chi connectivity index (χ0n) is 7.08. The molecule has 0 aromatic rings. The molecule has 0 saturated heterocycles. The van der Waals surface area contributed by atoms with Gasteiger partial charge >= 0.3 is 0 Å². The van der Waals surface area contributed by atoms with Crippen molar-refractivity contribution < 1.29 is 4.79 Å². The third kappa shape index (κ3) is 3.09. The molecule has 1 unspecified atom stereocenters. The third-order valence-electron chi connectivity index (χ3n) is 1.36. The number of hydrogen-bond donors (Lipinski definition) is 1. The summed E-state index contributed by atoms with van der Waals surface area (Å²) >= 11 is 0. The molecule has 0 aliphatic carbocycles. The molecule has 2 N–H and O–H groups in total. The smallest absolute Gasteiger partial charge is 0.240 e. The first-order valence-corrected chi connectivity index (χ1v) is 3.51. The maximum Gasteiger partial charge on any atom is 0.240 e. The van der Waals surface area contributed by atoms with E-state index in [1.807, 2.05) is 0 Å². The van der Waals surface area contributed by atoms with Crippen molar-refractivity contribution in [1.82, 2.24) is 4.90 Å². The highest BCUT2D eigenvalue weighted by molar-refractivity contribution is 5.81. The first-order chi connectivity index (χ1) is 5.63. The quantitative estimate of drug-likeness (QED) is 0.568. The van der Waals surface area contributed by atoms with E-state index >= 15 is 0 Å². The van der Waals surface area contributed by atoms with Crippen LogP contribution in [0.3, 0.4) is 0 Å². The number of carbonyl (C=O) groups excluding carboxylic acids is 1. The largest absolute Gasteiger partial charge is 0.333 e. The molecular formula is C9H12N2O. The van der Waals surface area contributed by atoms with Crippen LogP contribution in [0, 0.1) is 24.7 Å². The standard InChI is InChI=1S/C9H12N2O/c1-4-6-8(10)9(12)11(3)7-5-2/h1-2,8H,6-7,10H2,3H3. The summed E-state index contributed by atoms with van der Waals surface area (Å²) < 4.78 is 0. The molecule has 0 heterocycles. The Balaban J connectivity index is 4.04. The van der Waals surface area contributed by atoms with Crippen molar-refractivity contribution in [2.45, 2.75) is 12.5 Å². The molecule has 0 spiro atoms. The van der Waals surface area contributed by atoms with Crippen LogP contribution >= 0.6 is 0 Å². The zero-order valence-corrected chi connectivity index (χ0v) is 7.08. The molecule has 0 rings (SSSR count). The number of nitrogens with zero attached hydrogens (tertiary/aromatic N) is 1. The maximum atomic E-state index is 11.2. The van der Waals surface area contributed by atoms with E-state index in [2.05, 4.69) is 11.8 Å². The van der Waals surface area contributed by atoms with Gasteiger partial charge in [-0.05, 0) is 0 Å². The minimum atomic E-state index is -0.631. The van der Waals surface area contributed by atoms with E-state index in [9.17, 15) is 4.79 Å². The fraction of sp³-hybridized carbons (Fsp3) is 0.444. The number of amides is 1. The van der Waals surface area contributed by atoms with Gasteiger partial charge in [-0.3, -0.25) is 4.79 Å². The summed E-state index contributed by atoms with van der Waals surface area (Å²) in [4.78, 5) is 12.6. The molecule has 0 aromatic heterocycles. The van der Waals surface area contributed by atoms with Gasteiger partial charge in [-0.15, -0.1) is 18.8 Å². The number of carbonyl (C=O) groups is 1. The van der Waals surface area contributed by atoms with Gasteiger partial charge in [0, 0.05) is 13.5 Å². The average molecular weight is 164 g/mol. The Labute approximate surface area is 72.9 Å². The van der Waals surface area contributed by atoms with Crippen LogP contribution in [-0.4, -0.2) is 30.4 Å². The minimum Gasteiger partial charge on any atom is -0.333 e. The molecule has 1 atom stereocenters. The van der Waals surface area contributed by atoms with Crippen molar-refractivity contribution >= 4 is 5.91 Å². The van der Waals surface area contributed by atoms with Crippen LogP contribution in [0.2, 0.25) is 0 Å². The molecule has 1 amide bonds. The van der Waals surface area contributed by atoms with Crippen LogP contribution < -0.4 is 5.73 Å². The lowest BCUT2D eigenvalue weighted by molar-refractivity contribution is -0.130. The fourth-order valence-electron chi connectivity index (χ4n) is 0.712. The number of likely N-dealkylation sites (N-methyl/N-ethyl adjacent to an activating group) is 1. The van der Waals surface area contributed by atoms with Crippen molar-refractivity contribution in [3.63, 3.8) is 0 Å². The second-order valence-electron chi connectivity index (χ2n) is 2.41. The van der Waals surface area contributed by atoms with Crippen LogP contribution in [0.5, 0.6) is 0 Å². The second-order valence-corrected chi connectivity index (χ2v) is 2.41. The van der Waals surface area contributed by atoms with Crippen molar-refractivity contribution in [3.8, 4) is 24.7 Å². The van der Waals surface area contributed by atoms with Gasteiger partial charge in [0.2, 0.25) is 5.91 Å². The maximum absolute atomic E-state index is 11.2. The molecule has 0 bridgehead atoms. The highest BCUT2D eigenvalue weighted by Crippen LogP contribution is 1.92. The van der Waals surface area contributed by atoms with Crippen LogP contribution in [0.4, 0.5) is 0 Å². The molecule has 0 aliphatic rings. The van der Waals surface area contributed by atoms with Crippen LogP contribution in [0.1, 0.15) is 6.42 Å². The summed E-state index contributed by atoms with van der Waals surface area (Å²) in [7, 11) is 1.60. The summed E-state index contributed by atoms with van der Waals surface area (Å²) in [6, 6.07) is -0.631. The Morgan fingerprint density at radius 2 is 2.17 bits per heavy atom. The first kappa shape index (κ1) is 10.6. The van der Waals surface area contributed by atoms with Gasteiger partial charge in [-0.25, -0.2) is 0 Å². The van der Waals surface area contributed by atoms with Gasteiger partial charge in [0.15, 0.2) is 0 Å². The molecule has 3 heteroatoms. The Hall–Kier alpha value is -1.45. The molecule has 64 valence electrons. The average Bonchev–Trinajstić information content (AvgIpc) is 2.04. The number of rotatable bonds is 3. The Bertz CT molecular complexity index is 210. The van der Waals surface area contributed by atoms with Gasteiger partial charge in [-0.2, -0.15) is 0 Å². The minimum absolute atomic E-state index is 0.217. The topological polar surface area (TPSA) is 46.3 Å². The lowest BCUT2D eigenvalue weighted by Crippen LogP contribution is -2.41. The first-order valence-electron chi connectivity index (χ1n) is 3.51. The Morgan fingerprint density at radius 1 is 1.58 bits per heavy atom. The molecule has 0 aliphatic heterocycles. The lowest BCUT2D eigenvalue weighted by atomic mass is 10.2. The summed E-state index contributed by atoms with van der Waals surface area (Å²) in [5.74, 6) is 4.45. The van der Waals surface area contributed by atoms with E-state index in [0.29, 0.717) is 0 Å². The fourth-order valence-corrected chi connectivity index (χ4v) is 0.712. The third-order valence-corrected chi connectivity index (χ3v) is 1.36. The predicted molar refractivity (Wildman–Crippen MR) is 47.9 cm³/mol. The number of terminal acetylenes is 2. The van der Waals surface area contributed by atoms with Gasteiger partial charge in [0.25, 0.3) is 0 Å². The normalized spacial score (nSPS) is 11.0. The Kier molecular flexibility index (Phi) is 4.60. The predicted octanol–water partition coefficient (Wildman–Crippen LogP) is -0.571. The molecule has 0 saturated carbocycles. The highest BCUT2D eigenvalue weighted by atomic mass is 16.2. The van der Waals surface area contributed by atoms with E-state index in [0.717, 1.165) is 0 Å². The van der Waals surface area contributed by atoms with Crippen LogP contribution in [0.25, 0.3) is 0 Å². The van der Waals surface area contributed by atoms with Gasteiger partial charge < -0.3 is 10.6 Å². The van der Waals surface area contributed by atoms with Crippen LogP contribution in [-0.2, 0) is 4.79 Å². The van der Waals surface area contributed by atoms with Gasteiger partial charge in [0.05, 0.1) is 12.6 Å². The van der Waals surface area contributed by atoms with Crippen LogP contribution in [0.15, 0.2) is 0 Å². The highest BCUT2D eigenvalue weighted by Gasteiger charge is 2.15. The Morgan fingerprint density at radius 3 is 2.58 bits per heavy atom. The van der Waals surface area contributed by atoms with Crippen molar-refractivity contribution in [2.24, 2.45) is 5.73 Å². The molecule has 0 fully saturated rings.